The van der Waals surface area contributed by atoms with Crippen molar-refractivity contribution in [3.63, 3.8) is 0 Å². The number of carbonyl (C=O) groups excluding carboxylic acids is 1. The standard InChI is InChI=1S/C10H14ClN3O4/c1-3-5-8(10(15)18-4-2)13-6-7(11)9(12-13)14(16)17/h6,8H,3-5H2,1-2H3. The van der Waals surface area contributed by atoms with Gasteiger partial charge in [0, 0.05) is 0 Å². The van der Waals surface area contributed by atoms with Crippen molar-refractivity contribution in [2.75, 3.05) is 6.61 Å². The number of nitro groups is 1. The average Bonchev–Trinajstić information content (AvgIpc) is 2.68. The maximum atomic E-state index is 11.7. The summed E-state index contributed by atoms with van der Waals surface area (Å²) in [6.45, 7) is 3.83. The summed E-state index contributed by atoms with van der Waals surface area (Å²) < 4.78 is 6.10. The Balaban J connectivity index is 3.02. The number of hydrogen-bond donors (Lipinski definition) is 0. The van der Waals surface area contributed by atoms with Gasteiger partial charge in [0.1, 0.15) is 0 Å². The molecule has 0 N–H and O–H groups in total. The Hall–Kier alpha value is -1.63. The van der Waals surface area contributed by atoms with Gasteiger partial charge in [0.2, 0.25) is 0 Å². The van der Waals surface area contributed by atoms with Crippen LogP contribution in [0.2, 0.25) is 5.02 Å². The van der Waals surface area contributed by atoms with Crippen molar-refractivity contribution in [3.8, 4) is 0 Å². The zero-order valence-corrected chi connectivity index (χ0v) is 10.9. The first-order valence-corrected chi connectivity index (χ1v) is 5.94. The first-order chi connectivity index (χ1) is 8.51. The van der Waals surface area contributed by atoms with Gasteiger partial charge in [-0.15, -0.1) is 0 Å². The van der Waals surface area contributed by atoms with Gasteiger partial charge in [0.25, 0.3) is 0 Å². The number of halogens is 1. The van der Waals surface area contributed by atoms with E-state index in [-0.39, 0.29) is 11.6 Å². The van der Waals surface area contributed by atoms with Gasteiger partial charge in [-0.25, -0.2) is 4.79 Å². The van der Waals surface area contributed by atoms with Crippen molar-refractivity contribution in [1.82, 2.24) is 9.78 Å². The molecule has 1 aromatic rings. The van der Waals surface area contributed by atoms with E-state index in [2.05, 4.69) is 5.10 Å². The molecule has 1 atom stereocenters. The topological polar surface area (TPSA) is 87.3 Å². The van der Waals surface area contributed by atoms with Crippen LogP contribution in [0.4, 0.5) is 5.82 Å². The Morgan fingerprint density at radius 3 is 2.78 bits per heavy atom. The van der Waals surface area contributed by atoms with Crippen LogP contribution >= 0.6 is 11.6 Å². The maximum absolute atomic E-state index is 11.7. The molecule has 0 aromatic carbocycles. The molecule has 7 nitrogen and oxygen atoms in total. The molecular weight excluding hydrogens is 262 g/mol. The molecule has 1 rings (SSSR count). The molecule has 0 bridgehead atoms. The summed E-state index contributed by atoms with van der Waals surface area (Å²) in [6, 6.07) is -0.679. The van der Waals surface area contributed by atoms with Crippen LogP contribution in [0.25, 0.3) is 0 Å². The highest BCUT2D eigenvalue weighted by Gasteiger charge is 2.29. The summed E-state index contributed by atoms with van der Waals surface area (Å²) in [5.41, 5.74) is 0. The Labute approximate surface area is 109 Å². The summed E-state index contributed by atoms with van der Waals surface area (Å²) in [4.78, 5) is 21.7. The van der Waals surface area contributed by atoms with Gasteiger partial charge in [0.05, 0.1) is 17.9 Å². The number of nitrogens with zero attached hydrogens (tertiary/aromatic N) is 3. The summed E-state index contributed by atoms with van der Waals surface area (Å²) in [5.74, 6) is -0.921. The van der Waals surface area contributed by atoms with E-state index in [1.54, 1.807) is 6.92 Å². The lowest BCUT2D eigenvalue weighted by molar-refractivity contribution is -0.389. The van der Waals surface area contributed by atoms with Gasteiger partial charge >= 0.3 is 11.8 Å². The molecule has 1 heterocycles. The highest BCUT2D eigenvalue weighted by Crippen LogP contribution is 2.25. The Bertz CT molecular complexity index is 446. The Morgan fingerprint density at radius 1 is 1.67 bits per heavy atom. The molecule has 1 aromatic heterocycles. The minimum Gasteiger partial charge on any atom is -0.464 e. The minimum atomic E-state index is -0.688. The summed E-state index contributed by atoms with van der Waals surface area (Å²) in [5, 5.41) is 14.3. The molecule has 0 aliphatic heterocycles. The zero-order valence-electron chi connectivity index (χ0n) is 10.1. The first kappa shape index (κ1) is 14.4. The summed E-state index contributed by atoms with van der Waals surface area (Å²) >= 11 is 5.69. The fourth-order valence-corrected chi connectivity index (χ4v) is 1.72. The third-order valence-corrected chi connectivity index (χ3v) is 2.55. The molecule has 0 spiro atoms. The molecule has 0 fully saturated rings. The van der Waals surface area contributed by atoms with E-state index in [1.807, 2.05) is 6.92 Å². The van der Waals surface area contributed by atoms with E-state index < -0.39 is 22.8 Å². The van der Waals surface area contributed by atoms with Crippen molar-refractivity contribution in [1.29, 1.82) is 0 Å². The zero-order chi connectivity index (χ0) is 13.7. The van der Waals surface area contributed by atoms with Gasteiger partial charge in [0.15, 0.2) is 11.1 Å². The highest BCUT2D eigenvalue weighted by molar-refractivity contribution is 6.32. The third-order valence-electron chi connectivity index (χ3n) is 2.28. The van der Waals surface area contributed by atoms with Gasteiger partial charge in [-0.05, 0) is 18.3 Å². The molecule has 0 aliphatic rings. The van der Waals surface area contributed by atoms with Crippen LogP contribution in [0.1, 0.15) is 32.7 Å². The lowest BCUT2D eigenvalue weighted by Crippen LogP contribution is -2.22. The Morgan fingerprint density at radius 2 is 2.33 bits per heavy atom. The lowest BCUT2D eigenvalue weighted by Gasteiger charge is -2.11. The second-order valence-electron chi connectivity index (χ2n) is 3.59. The number of esters is 1. The number of carbonyl (C=O) groups is 1. The lowest BCUT2D eigenvalue weighted by atomic mass is 10.2. The molecular formula is C10H14ClN3O4. The van der Waals surface area contributed by atoms with Gasteiger partial charge < -0.3 is 14.9 Å². The molecule has 0 amide bonds. The van der Waals surface area contributed by atoms with Crippen LogP contribution in [-0.4, -0.2) is 27.3 Å². The van der Waals surface area contributed by atoms with E-state index in [0.717, 1.165) is 6.42 Å². The number of ether oxygens (including phenoxy) is 1. The second-order valence-corrected chi connectivity index (χ2v) is 4.00. The van der Waals surface area contributed by atoms with Gasteiger partial charge in [-0.2, -0.15) is 4.68 Å². The molecule has 0 radical (unpaired) electrons. The predicted octanol–water partition coefficient (Wildman–Crippen LogP) is 2.35. The first-order valence-electron chi connectivity index (χ1n) is 5.56. The van der Waals surface area contributed by atoms with Crippen LogP contribution in [0.5, 0.6) is 0 Å². The number of hydrogen-bond acceptors (Lipinski definition) is 5. The van der Waals surface area contributed by atoms with E-state index >= 15 is 0 Å². The fraction of sp³-hybridized carbons (Fsp3) is 0.600. The monoisotopic (exact) mass is 275 g/mol. The molecule has 1 unspecified atom stereocenters. The predicted molar refractivity (Wildman–Crippen MR) is 64.5 cm³/mol. The second kappa shape index (κ2) is 6.34. The SMILES string of the molecule is CCCC(C(=O)OCC)n1cc(Cl)c([N+](=O)[O-])n1. The van der Waals surface area contributed by atoms with Crippen LogP contribution in [-0.2, 0) is 9.53 Å². The van der Waals surface area contributed by atoms with Crippen LogP contribution < -0.4 is 0 Å². The quantitative estimate of drug-likeness (QED) is 0.452. The number of rotatable bonds is 6. The van der Waals surface area contributed by atoms with Crippen molar-refractivity contribution in [2.24, 2.45) is 0 Å². The minimum absolute atomic E-state index is 0.0922. The van der Waals surface area contributed by atoms with Crippen LogP contribution in [0.3, 0.4) is 0 Å². The maximum Gasteiger partial charge on any atom is 0.408 e. The molecule has 100 valence electrons. The van der Waals surface area contributed by atoms with Crippen molar-refractivity contribution >= 4 is 23.4 Å². The van der Waals surface area contributed by atoms with E-state index in [9.17, 15) is 14.9 Å². The third kappa shape index (κ3) is 3.19. The van der Waals surface area contributed by atoms with E-state index in [1.165, 1.54) is 10.9 Å². The molecule has 0 aliphatic carbocycles. The average molecular weight is 276 g/mol. The van der Waals surface area contributed by atoms with Gasteiger partial charge in [-0.1, -0.05) is 24.9 Å². The fourth-order valence-electron chi connectivity index (χ4n) is 1.51. The van der Waals surface area contributed by atoms with Crippen LogP contribution in [0, 0.1) is 10.1 Å². The summed E-state index contributed by atoms with van der Waals surface area (Å²) in [7, 11) is 0. The largest absolute Gasteiger partial charge is 0.464 e. The smallest absolute Gasteiger partial charge is 0.408 e. The van der Waals surface area contributed by atoms with Gasteiger partial charge in [-0.3, -0.25) is 0 Å². The molecule has 8 heteroatoms. The van der Waals surface area contributed by atoms with Crippen molar-refractivity contribution in [2.45, 2.75) is 32.7 Å². The number of aromatic nitrogens is 2. The van der Waals surface area contributed by atoms with Crippen molar-refractivity contribution in [3.05, 3.63) is 21.3 Å². The molecule has 0 saturated carbocycles. The van der Waals surface area contributed by atoms with E-state index in [4.69, 9.17) is 16.3 Å². The summed E-state index contributed by atoms with van der Waals surface area (Å²) in [6.07, 6.45) is 2.47. The Kier molecular flexibility index (Phi) is 5.08. The van der Waals surface area contributed by atoms with Crippen LogP contribution in [0.15, 0.2) is 6.20 Å². The highest BCUT2D eigenvalue weighted by atomic mass is 35.5. The molecule has 18 heavy (non-hydrogen) atoms. The van der Waals surface area contributed by atoms with Crippen molar-refractivity contribution < 1.29 is 14.5 Å². The molecule has 0 saturated heterocycles. The normalized spacial score (nSPS) is 12.2. The van der Waals surface area contributed by atoms with E-state index in [0.29, 0.717) is 6.42 Å².